The summed E-state index contributed by atoms with van der Waals surface area (Å²) in [6, 6.07) is -5.27. The highest BCUT2D eigenvalue weighted by atomic mass is 16.4. The van der Waals surface area contributed by atoms with Gasteiger partial charge in [0, 0.05) is 13.0 Å². The van der Waals surface area contributed by atoms with Crippen molar-refractivity contribution in [3.8, 4) is 0 Å². The summed E-state index contributed by atoms with van der Waals surface area (Å²) >= 11 is 0. The van der Waals surface area contributed by atoms with Crippen molar-refractivity contribution in [2.75, 3.05) is 13.1 Å². The van der Waals surface area contributed by atoms with E-state index >= 15 is 0 Å². The van der Waals surface area contributed by atoms with Gasteiger partial charge in [-0.2, -0.15) is 0 Å². The highest BCUT2D eigenvalue weighted by Gasteiger charge is 2.30. The normalized spacial score (nSPS) is 13.7. The number of carboxylic acid groups (broad SMARTS) is 2. The first-order valence-corrected chi connectivity index (χ1v) is 11.9. The maximum atomic E-state index is 13.1. The number of carbonyl (C=O) groups excluding carboxylic acids is 4. The van der Waals surface area contributed by atoms with Crippen LogP contribution in [0.5, 0.6) is 0 Å². The molecule has 0 aliphatic rings. The second kappa shape index (κ2) is 18.3. The fourth-order valence-electron chi connectivity index (χ4n) is 3.17. The van der Waals surface area contributed by atoms with Crippen molar-refractivity contribution in [1.82, 2.24) is 16.0 Å². The lowest BCUT2D eigenvalue weighted by atomic mass is 10.0. The van der Waals surface area contributed by atoms with E-state index in [0.717, 1.165) is 0 Å². The summed E-state index contributed by atoms with van der Waals surface area (Å²) in [7, 11) is 0. The van der Waals surface area contributed by atoms with Gasteiger partial charge >= 0.3 is 11.9 Å². The molecule has 0 aliphatic heterocycles. The molecule has 0 radical (unpaired) electrons. The van der Waals surface area contributed by atoms with Crippen LogP contribution < -0.4 is 44.6 Å². The molecule has 17 nitrogen and oxygen atoms in total. The number of amides is 4. The number of rotatable bonds is 20. The average Bonchev–Trinajstić information content (AvgIpc) is 2.82. The molecule has 0 aliphatic carbocycles. The van der Waals surface area contributed by atoms with Crippen LogP contribution in [0.25, 0.3) is 0 Å². The Morgan fingerprint density at radius 1 is 0.737 bits per heavy atom. The first-order valence-electron chi connectivity index (χ1n) is 11.9. The predicted molar refractivity (Wildman–Crippen MR) is 135 cm³/mol. The molecular formula is C21H39N9O8. The second-order valence-corrected chi connectivity index (χ2v) is 8.46. The zero-order valence-corrected chi connectivity index (χ0v) is 21.1. The van der Waals surface area contributed by atoms with Gasteiger partial charge in [0.2, 0.25) is 23.6 Å². The molecule has 216 valence electrons. The van der Waals surface area contributed by atoms with E-state index < -0.39 is 66.2 Å². The maximum absolute atomic E-state index is 13.1. The van der Waals surface area contributed by atoms with Crippen molar-refractivity contribution in [3.63, 3.8) is 0 Å². The Hall–Kier alpha value is -3.99. The summed E-state index contributed by atoms with van der Waals surface area (Å²) in [5.74, 6) is -6.23. The van der Waals surface area contributed by atoms with Crippen LogP contribution in [0.3, 0.4) is 0 Å². The number of nitrogens with two attached hydrogens (primary N) is 5. The minimum Gasteiger partial charge on any atom is -0.481 e. The first kappa shape index (κ1) is 34.0. The van der Waals surface area contributed by atoms with Crippen LogP contribution in [0.1, 0.15) is 51.4 Å². The van der Waals surface area contributed by atoms with Crippen molar-refractivity contribution in [3.05, 3.63) is 0 Å². The minimum atomic E-state index is -1.61. The summed E-state index contributed by atoms with van der Waals surface area (Å²) in [6.45, 7) is 0.431. The van der Waals surface area contributed by atoms with E-state index in [1.54, 1.807) is 0 Å². The molecule has 15 N–H and O–H groups in total. The second-order valence-electron chi connectivity index (χ2n) is 8.46. The van der Waals surface area contributed by atoms with Crippen LogP contribution in [-0.4, -0.2) is 89.0 Å². The van der Waals surface area contributed by atoms with E-state index in [-0.39, 0.29) is 44.6 Å². The lowest BCUT2D eigenvalue weighted by Crippen LogP contribution is -2.57. The van der Waals surface area contributed by atoms with Gasteiger partial charge in [-0.05, 0) is 45.1 Å². The number of hydrogen-bond acceptors (Lipinski definition) is 9. The number of unbranched alkanes of at least 4 members (excludes halogenated alkanes) is 1. The Morgan fingerprint density at radius 3 is 1.74 bits per heavy atom. The number of nitrogens with zero attached hydrogens (tertiary/aromatic N) is 1. The molecule has 0 heterocycles. The highest BCUT2D eigenvalue weighted by molar-refractivity contribution is 5.95. The summed E-state index contributed by atoms with van der Waals surface area (Å²) in [5.41, 5.74) is 26.8. The number of aliphatic imine (C=N–C) groups is 1. The van der Waals surface area contributed by atoms with Crippen LogP contribution in [0.4, 0.5) is 0 Å². The van der Waals surface area contributed by atoms with Gasteiger partial charge in [0.15, 0.2) is 5.96 Å². The molecule has 4 unspecified atom stereocenters. The molecule has 0 spiro atoms. The quantitative estimate of drug-likeness (QED) is 0.0395. The van der Waals surface area contributed by atoms with Crippen molar-refractivity contribution < 1.29 is 39.0 Å². The van der Waals surface area contributed by atoms with E-state index in [1.807, 2.05) is 0 Å². The fraction of sp³-hybridized carbons (Fsp3) is 0.667. The molecule has 38 heavy (non-hydrogen) atoms. The Kier molecular flexibility index (Phi) is 16.4. The molecule has 0 saturated heterocycles. The van der Waals surface area contributed by atoms with Crippen LogP contribution in [0.2, 0.25) is 0 Å². The monoisotopic (exact) mass is 545 g/mol. The molecule has 0 saturated carbocycles. The molecule has 0 aromatic carbocycles. The lowest BCUT2D eigenvalue weighted by Gasteiger charge is -2.25. The van der Waals surface area contributed by atoms with Crippen LogP contribution in [0.15, 0.2) is 4.99 Å². The molecular weight excluding hydrogens is 506 g/mol. The van der Waals surface area contributed by atoms with E-state index in [9.17, 15) is 33.9 Å². The molecule has 0 bridgehead atoms. The molecule has 0 aromatic rings. The third kappa shape index (κ3) is 15.2. The first-order chi connectivity index (χ1) is 17.8. The van der Waals surface area contributed by atoms with Gasteiger partial charge in [-0.3, -0.25) is 29.0 Å². The third-order valence-electron chi connectivity index (χ3n) is 5.18. The predicted octanol–water partition coefficient (Wildman–Crippen LogP) is -4.22. The van der Waals surface area contributed by atoms with Crippen molar-refractivity contribution in [1.29, 1.82) is 0 Å². The number of aliphatic carboxylic acids is 2. The van der Waals surface area contributed by atoms with E-state index in [2.05, 4.69) is 20.9 Å². The minimum absolute atomic E-state index is 0.0244. The maximum Gasteiger partial charge on any atom is 0.326 e. The van der Waals surface area contributed by atoms with E-state index in [1.165, 1.54) is 0 Å². The third-order valence-corrected chi connectivity index (χ3v) is 5.18. The molecule has 4 atom stereocenters. The Balaban J connectivity index is 5.66. The van der Waals surface area contributed by atoms with Crippen LogP contribution in [0, 0.1) is 0 Å². The summed E-state index contributed by atoms with van der Waals surface area (Å²) in [4.78, 5) is 75.6. The van der Waals surface area contributed by atoms with Crippen LogP contribution >= 0.6 is 0 Å². The Morgan fingerprint density at radius 2 is 1.26 bits per heavy atom. The van der Waals surface area contributed by atoms with E-state index in [4.69, 9.17) is 33.8 Å². The zero-order chi connectivity index (χ0) is 29.3. The number of nitrogens with one attached hydrogen (secondary N) is 3. The Bertz CT molecular complexity index is 864. The van der Waals surface area contributed by atoms with E-state index in [0.29, 0.717) is 19.4 Å². The summed E-state index contributed by atoms with van der Waals surface area (Å²) in [6.07, 6.45) is 0.0253. The van der Waals surface area contributed by atoms with Gasteiger partial charge in [0.05, 0.1) is 12.5 Å². The van der Waals surface area contributed by atoms with Gasteiger partial charge < -0.3 is 54.8 Å². The van der Waals surface area contributed by atoms with Crippen molar-refractivity contribution in [2.24, 2.45) is 33.7 Å². The number of hydrogen-bond donors (Lipinski definition) is 10. The smallest absolute Gasteiger partial charge is 0.326 e. The number of primary amides is 1. The summed E-state index contributed by atoms with van der Waals surface area (Å²) < 4.78 is 0. The Labute approximate surface area is 219 Å². The highest BCUT2D eigenvalue weighted by Crippen LogP contribution is 2.07. The standard InChI is InChI=1S/C21H39N9O8/c22-8-2-1-4-12(19(36)30-14(20(37)38)10-15(24)31)29-18(35)13(5-3-9-27-21(25)26)28-17(34)11(23)6-7-16(32)33/h11-14H,1-10,22-23H2,(H2,24,31)(H,28,34)(H,29,35)(H,30,36)(H,32,33)(H,37,38)(H4,25,26,27). The topological polar surface area (TPSA) is 321 Å². The molecule has 17 heteroatoms. The number of carbonyl (C=O) groups is 6. The van der Waals surface area contributed by atoms with Gasteiger partial charge in [0.25, 0.3) is 0 Å². The molecule has 0 fully saturated rings. The number of guanidine groups is 1. The van der Waals surface area contributed by atoms with Gasteiger partial charge in [-0.25, -0.2) is 4.79 Å². The van der Waals surface area contributed by atoms with Gasteiger partial charge in [-0.1, -0.05) is 0 Å². The van der Waals surface area contributed by atoms with Crippen molar-refractivity contribution in [2.45, 2.75) is 75.5 Å². The molecule has 4 amide bonds. The van der Waals surface area contributed by atoms with Gasteiger partial charge in [-0.15, -0.1) is 0 Å². The number of carboxylic acids is 2. The molecule has 0 aromatic heterocycles. The molecule has 0 rings (SSSR count). The van der Waals surface area contributed by atoms with Gasteiger partial charge in [0.1, 0.15) is 18.1 Å². The van der Waals surface area contributed by atoms with Crippen molar-refractivity contribution >= 4 is 41.5 Å². The SMILES string of the molecule is NCCCCC(NC(=O)C(CCCN=C(N)N)NC(=O)C(N)CCC(=O)O)C(=O)NC(CC(N)=O)C(=O)O. The lowest BCUT2D eigenvalue weighted by molar-refractivity contribution is -0.144. The zero-order valence-electron chi connectivity index (χ0n) is 21.1. The summed E-state index contributed by atoms with van der Waals surface area (Å²) in [5, 5.41) is 25.2. The fourth-order valence-corrected chi connectivity index (χ4v) is 3.17. The largest absolute Gasteiger partial charge is 0.481 e. The average molecular weight is 546 g/mol. The van der Waals surface area contributed by atoms with Crippen LogP contribution in [-0.2, 0) is 28.8 Å².